The third kappa shape index (κ3) is 6.85. The van der Waals surface area contributed by atoms with Crippen molar-refractivity contribution in [3.63, 3.8) is 0 Å². The molecule has 0 atom stereocenters. The van der Waals surface area contributed by atoms with Gasteiger partial charge in [0.05, 0.1) is 51.8 Å². The van der Waals surface area contributed by atoms with Gasteiger partial charge >= 0.3 is 18.3 Å². The second-order valence-electron chi connectivity index (χ2n) is 10.6. The van der Waals surface area contributed by atoms with Crippen LogP contribution in [-0.4, -0.2) is 61.2 Å². The fraction of sp³-hybridized carbons (Fsp3) is 0.577. The van der Waals surface area contributed by atoms with Crippen LogP contribution in [0.3, 0.4) is 0 Å². The van der Waals surface area contributed by atoms with Crippen LogP contribution in [-0.2, 0) is 11.0 Å². The molecule has 4 rings (SSSR count). The summed E-state index contributed by atoms with van der Waals surface area (Å²) in [6.45, 7) is -0.796. The number of carbonyl (C=O) groups is 3. The van der Waals surface area contributed by atoms with E-state index in [0.29, 0.717) is 4.68 Å². The molecule has 0 saturated heterocycles. The summed E-state index contributed by atoms with van der Waals surface area (Å²) in [5, 5.41) is 12.7. The van der Waals surface area contributed by atoms with Crippen molar-refractivity contribution in [2.24, 2.45) is 11.8 Å². The Labute approximate surface area is 246 Å². The number of carbonyl (C=O) groups excluding carboxylic acids is 2. The molecule has 2 aromatic rings. The van der Waals surface area contributed by atoms with Gasteiger partial charge in [0, 0.05) is 18.4 Å². The summed E-state index contributed by atoms with van der Waals surface area (Å²) in [5.74, 6) is -5.44. The van der Waals surface area contributed by atoms with Crippen molar-refractivity contribution in [3.8, 4) is 0 Å². The summed E-state index contributed by atoms with van der Waals surface area (Å²) in [7, 11) is 0. The standard InChI is InChI=1S/C26H26Cl2F6N4O4/c27-18-10-35-11-19(28)21(18)20(39)12-37(15-7-3-14(4-8-15)25(29,30)31)23(40)17-9-36-38(22(17)26(32,33)34)16-5-1-13(2-6-16)24(41)42/h9-11,13-16H,1-8,12H2,(H,41,42). The first kappa shape index (κ1) is 32.1. The number of ketones is 1. The first-order valence-electron chi connectivity index (χ1n) is 13.2. The number of amides is 1. The Morgan fingerprint density at radius 3 is 1.98 bits per heavy atom. The lowest BCUT2D eigenvalue weighted by molar-refractivity contribution is -0.183. The van der Waals surface area contributed by atoms with Gasteiger partial charge in [-0.2, -0.15) is 31.4 Å². The smallest absolute Gasteiger partial charge is 0.433 e. The fourth-order valence-electron chi connectivity index (χ4n) is 5.79. The molecule has 42 heavy (non-hydrogen) atoms. The average molecular weight is 643 g/mol. The maximum absolute atomic E-state index is 14.4. The molecular formula is C26H26Cl2F6N4O4. The van der Waals surface area contributed by atoms with Gasteiger partial charge < -0.3 is 10.0 Å². The van der Waals surface area contributed by atoms with Crippen LogP contribution in [0.2, 0.25) is 10.0 Å². The minimum absolute atomic E-state index is 0.0814. The van der Waals surface area contributed by atoms with E-state index in [1.54, 1.807) is 0 Å². The van der Waals surface area contributed by atoms with Crippen LogP contribution >= 0.6 is 23.2 Å². The van der Waals surface area contributed by atoms with Crippen molar-refractivity contribution in [2.45, 2.75) is 75.8 Å². The zero-order valence-electron chi connectivity index (χ0n) is 21.9. The fourth-order valence-corrected chi connectivity index (χ4v) is 6.37. The third-order valence-electron chi connectivity index (χ3n) is 7.99. The molecule has 0 bridgehead atoms. The first-order valence-corrected chi connectivity index (χ1v) is 13.9. The number of hydrogen-bond acceptors (Lipinski definition) is 5. The Kier molecular flexibility index (Phi) is 9.46. The molecule has 0 aliphatic heterocycles. The topological polar surface area (TPSA) is 105 Å². The maximum Gasteiger partial charge on any atom is 0.433 e. The van der Waals surface area contributed by atoms with E-state index in [1.807, 2.05) is 0 Å². The van der Waals surface area contributed by atoms with Gasteiger partial charge in [-0.15, -0.1) is 0 Å². The molecule has 16 heteroatoms. The van der Waals surface area contributed by atoms with E-state index in [0.717, 1.165) is 23.5 Å². The molecule has 0 radical (unpaired) electrons. The van der Waals surface area contributed by atoms with Gasteiger partial charge in [-0.3, -0.25) is 24.0 Å². The summed E-state index contributed by atoms with van der Waals surface area (Å²) < 4.78 is 83.9. The average Bonchev–Trinajstić information content (AvgIpc) is 3.37. The lowest BCUT2D eigenvalue weighted by Crippen LogP contribution is -2.46. The van der Waals surface area contributed by atoms with Crippen molar-refractivity contribution >= 4 is 40.9 Å². The summed E-state index contributed by atoms with van der Waals surface area (Å²) >= 11 is 12.1. The second-order valence-corrected chi connectivity index (χ2v) is 11.4. The van der Waals surface area contributed by atoms with E-state index in [1.165, 1.54) is 0 Å². The minimum atomic E-state index is -5.06. The molecular weight excluding hydrogens is 617 g/mol. The Bertz CT molecular complexity index is 1310. The van der Waals surface area contributed by atoms with Crippen molar-refractivity contribution in [1.82, 2.24) is 19.7 Å². The molecule has 2 aliphatic rings. The van der Waals surface area contributed by atoms with Crippen LogP contribution in [0, 0.1) is 11.8 Å². The molecule has 2 heterocycles. The molecule has 1 N–H and O–H groups in total. The summed E-state index contributed by atoms with van der Waals surface area (Å²) in [5.41, 5.74) is -2.45. The largest absolute Gasteiger partial charge is 0.481 e. The number of alkyl halides is 6. The van der Waals surface area contributed by atoms with Gasteiger partial charge in [0.15, 0.2) is 11.5 Å². The molecule has 0 spiro atoms. The number of nitrogens with zero attached hydrogens (tertiary/aromatic N) is 4. The van der Waals surface area contributed by atoms with Gasteiger partial charge in [-0.25, -0.2) is 0 Å². The minimum Gasteiger partial charge on any atom is -0.481 e. The molecule has 0 aromatic carbocycles. The number of Topliss-reactive ketones (excluding diaryl/α,β-unsaturated/α-hetero) is 1. The molecule has 8 nitrogen and oxygen atoms in total. The van der Waals surface area contributed by atoms with E-state index < -0.39 is 71.7 Å². The quantitative estimate of drug-likeness (QED) is 0.261. The molecule has 2 aromatic heterocycles. The van der Waals surface area contributed by atoms with E-state index in [-0.39, 0.29) is 67.0 Å². The number of aromatic nitrogens is 3. The number of carboxylic acids is 1. The first-order chi connectivity index (χ1) is 19.6. The summed E-state index contributed by atoms with van der Waals surface area (Å²) in [4.78, 5) is 42.9. The monoisotopic (exact) mass is 642 g/mol. The Morgan fingerprint density at radius 1 is 0.905 bits per heavy atom. The Morgan fingerprint density at radius 2 is 1.48 bits per heavy atom. The maximum atomic E-state index is 14.4. The van der Waals surface area contributed by atoms with Crippen LogP contribution in [0.25, 0.3) is 0 Å². The molecule has 0 unspecified atom stereocenters. The number of aliphatic carboxylic acids is 1. The van der Waals surface area contributed by atoms with E-state index in [2.05, 4.69) is 10.1 Å². The molecule has 230 valence electrons. The highest BCUT2D eigenvalue weighted by molar-refractivity contribution is 6.39. The molecule has 1 amide bonds. The lowest BCUT2D eigenvalue weighted by atomic mass is 9.84. The van der Waals surface area contributed by atoms with Crippen LogP contribution in [0.15, 0.2) is 18.6 Å². The molecule has 2 saturated carbocycles. The molecule has 2 fully saturated rings. The highest BCUT2D eigenvalue weighted by Gasteiger charge is 2.46. The van der Waals surface area contributed by atoms with Crippen LogP contribution in [0.5, 0.6) is 0 Å². The highest BCUT2D eigenvalue weighted by Crippen LogP contribution is 2.42. The van der Waals surface area contributed by atoms with Gasteiger partial charge in [-0.05, 0) is 51.4 Å². The van der Waals surface area contributed by atoms with Gasteiger partial charge in [0.25, 0.3) is 5.91 Å². The van der Waals surface area contributed by atoms with Gasteiger partial charge in [-0.1, -0.05) is 23.2 Å². The van der Waals surface area contributed by atoms with Crippen LogP contribution in [0.1, 0.15) is 83.8 Å². The zero-order valence-corrected chi connectivity index (χ0v) is 23.4. The van der Waals surface area contributed by atoms with Gasteiger partial charge in [0.2, 0.25) is 0 Å². The predicted octanol–water partition coefficient (Wildman–Crippen LogP) is 6.87. The highest BCUT2D eigenvalue weighted by atomic mass is 35.5. The Hall–Kier alpha value is -2.87. The van der Waals surface area contributed by atoms with E-state index in [9.17, 15) is 45.8 Å². The Balaban J connectivity index is 1.69. The van der Waals surface area contributed by atoms with Crippen molar-refractivity contribution < 1.29 is 45.8 Å². The third-order valence-corrected chi connectivity index (χ3v) is 8.57. The SMILES string of the molecule is O=C(CN(C(=O)c1cnn(C2CCC(C(=O)O)CC2)c1C(F)(F)F)C1CCC(C(F)(F)F)CC1)c1c(Cl)cncc1Cl. The predicted molar refractivity (Wildman–Crippen MR) is 137 cm³/mol. The molecule has 2 aliphatic carbocycles. The number of rotatable bonds is 7. The van der Waals surface area contributed by atoms with Crippen LogP contribution < -0.4 is 0 Å². The van der Waals surface area contributed by atoms with Crippen molar-refractivity contribution in [2.75, 3.05) is 6.54 Å². The number of halogens is 8. The van der Waals surface area contributed by atoms with Crippen molar-refractivity contribution in [1.29, 1.82) is 0 Å². The van der Waals surface area contributed by atoms with Crippen LogP contribution in [0.4, 0.5) is 26.3 Å². The van der Waals surface area contributed by atoms with Gasteiger partial charge in [0.1, 0.15) is 0 Å². The normalized spacial score (nSPS) is 23.4. The van der Waals surface area contributed by atoms with Crippen molar-refractivity contribution in [3.05, 3.63) is 45.5 Å². The number of pyridine rings is 1. The summed E-state index contributed by atoms with van der Waals surface area (Å²) in [6.07, 6.45) is -7.31. The van der Waals surface area contributed by atoms with E-state index >= 15 is 0 Å². The zero-order chi connectivity index (χ0) is 31.0. The summed E-state index contributed by atoms with van der Waals surface area (Å²) in [6, 6.07) is -1.81. The lowest BCUT2D eigenvalue weighted by Gasteiger charge is -2.37. The number of hydrogen-bond donors (Lipinski definition) is 1. The second kappa shape index (κ2) is 12.4. The van der Waals surface area contributed by atoms with E-state index in [4.69, 9.17) is 23.2 Å². The number of carboxylic acid groups (broad SMARTS) is 1.